The van der Waals surface area contributed by atoms with Crippen LogP contribution in [0.4, 0.5) is 5.69 Å². The van der Waals surface area contributed by atoms with Gasteiger partial charge in [-0.25, -0.2) is 18.4 Å². The smallest absolute Gasteiger partial charge is 0.337 e. The summed E-state index contributed by atoms with van der Waals surface area (Å²) >= 11 is 0. The first kappa shape index (κ1) is 16.8. The van der Waals surface area contributed by atoms with Gasteiger partial charge in [0.15, 0.2) is 0 Å². The second kappa shape index (κ2) is 6.67. The molecule has 2 aromatic rings. The number of nitrogens with one attached hydrogen (secondary N) is 1. The number of sulfonamides is 1. The van der Waals surface area contributed by atoms with Crippen LogP contribution >= 0.6 is 0 Å². The van der Waals surface area contributed by atoms with E-state index in [1.165, 1.54) is 6.07 Å². The standard InChI is InChI=1S/C15H16N2O5S/c1-2-17-12-9-13(22-10-6-4-3-5-7-10)14(23(16,20)21)8-11(12)15(18)19/h3-9,17H,2H2,1H3,(H,18,19)(H2,16,20,21). The number of para-hydroxylation sites is 1. The summed E-state index contributed by atoms with van der Waals surface area (Å²) in [6.45, 7) is 2.25. The Morgan fingerprint density at radius 1 is 1.26 bits per heavy atom. The molecule has 4 N–H and O–H groups in total. The molecule has 0 aliphatic carbocycles. The summed E-state index contributed by atoms with van der Waals surface area (Å²) in [4.78, 5) is 10.9. The summed E-state index contributed by atoms with van der Waals surface area (Å²) < 4.78 is 29.1. The number of carboxylic acids is 1. The zero-order chi connectivity index (χ0) is 17.0. The first-order valence-corrected chi connectivity index (χ1v) is 8.28. The summed E-state index contributed by atoms with van der Waals surface area (Å²) in [5, 5.41) is 17.3. The van der Waals surface area contributed by atoms with Crippen molar-refractivity contribution in [3.8, 4) is 11.5 Å². The largest absolute Gasteiger partial charge is 0.478 e. The second-order valence-electron chi connectivity index (χ2n) is 4.64. The highest BCUT2D eigenvalue weighted by molar-refractivity contribution is 7.89. The number of benzene rings is 2. The van der Waals surface area contributed by atoms with E-state index in [1.807, 2.05) is 0 Å². The topological polar surface area (TPSA) is 119 Å². The molecular weight excluding hydrogens is 320 g/mol. The van der Waals surface area contributed by atoms with Gasteiger partial charge in [0.25, 0.3) is 0 Å². The van der Waals surface area contributed by atoms with Gasteiger partial charge in [0.1, 0.15) is 16.4 Å². The maximum Gasteiger partial charge on any atom is 0.337 e. The third-order valence-electron chi connectivity index (χ3n) is 2.96. The van der Waals surface area contributed by atoms with E-state index in [0.29, 0.717) is 12.3 Å². The van der Waals surface area contributed by atoms with Crippen molar-refractivity contribution in [2.24, 2.45) is 5.14 Å². The Labute approximate surface area is 133 Å². The fraction of sp³-hybridized carbons (Fsp3) is 0.133. The van der Waals surface area contributed by atoms with Crippen molar-refractivity contribution in [3.05, 3.63) is 48.0 Å². The van der Waals surface area contributed by atoms with Crippen LogP contribution in [0.5, 0.6) is 11.5 Å². The van der Waals surface area contributed by atoms with Crippen molar-refractivity contribution in [1.82, 2.24) is 0 Å². The van der Waals surface area contributed by atoms with Gasteiger partial charge < -0.3 is 15.2 Å². The molecular formula is C15H16N2O5S. The number of nitrogens with two attached hydrogens (primary N) is 1. The minimum absolute atomic E-state index is 0.0420. The number of anilines is 1. The van der Waals surface area contributed by atoms with E-state index in [1.54, 1.807) is 37.3 Å². The molecule has 2 rings (SSSR count). The van der Waals surface area contributed by atoms with Crippen LogP contribution in [0.1, 0.15) is 17.3 Å². The molecule has 0 atom stereocenters. The van der Waals surface area contributed by atoms with Gasteiger partial charge in [-0.3, -0.25) is 0 Å². The fourth-order valence-corrected chi connectivity index (χ4v) is 2.65. The SMILES string of the molecule is CCNc1cc(Oc2ccccc2)c(S(N)(=O)=O)cc1C(=O)O. The first-order chi connectivity index (χ1) is 10.8. The number of primary sulfonamides is 1. The van der Waals surface area contributed by atoms with Crippen LogP contribution in [0.15, 0.2) is 47.4 Å². The van der Waals surface area contributed by atoms with Gasteiger partial charge in [-0.1, -0.05) is 18.2 Å². The van der Waals surface area contributed by atoms with Crippen LogP contribution in [0.25, 0.3) is 0 Å². The number of carbonyl (C=O) groups is 1. The van der Waals surface area contributed by atoms with Crippen LogP contribution in [0, 0.1) is 0 Å². The van der Waals surface area contributed by atoms with Crippen molar-refractivity contribution in [1.29, 1.82) is 0 Å². The number of aromatic carboxylic acids is 1. The lowest BCUT2D eigenvalue weighted by Gasteiger charge is -2.15. The van der Waals surface area contributed by atoms with E-state index in [4.69, 9.17) is 9.88 Å². The minimum Gasteiger partial charge on any atom is -0.478 e. The zero-order valence-electron chi connectivity index (χ0n) is 12.3. The van der Waals surface area contributed by atoms with Crippen LogP contribution in [-0.2, 0) is 10.0 Å². The lowest BCUT2D eigenvalue weighted by Crippen LogP contribution is -2.16. The van der Waals surface area contributed by atoms with E-state index in [0.717, 1.165) is 6.07 Å². The van der Waals surface area contributed by atoms with Crippen molar-refractivity contribution >= 4 is 21.7 Å². The molecule has 0 unspecified atom stereocenters. The molecule has 2 aromatic carbocycles. The average Bonchev–Trinajstić information content (AvgIpc) is 2.47. The van der Waals surface area contributed by atoms with E-state index in [9.17, 15) is 18.3 Å². The molecule has 0 aliphatic rings. The molecule has 23 heavy (non-hydrogen) atoms. The summed E-state index contributed by atoms with van der Waals surface area (Å²) in [7, 11) is -4.16. The van der Waals surface area contributed by atoms with Gasteiger partial charge >= 0.3 is 5.97 Å². The molecule has 0 radical (unpaired) electrons. The number of hydrogen-bond acceptors (Lipinski definition) is 5. The van der Waals surface area contributed by atoms with Crippen molar-refractivity contribution in [3.63, 3.8) is 0 Å². The molecule has 0 fully saturated rings. The summed E-state index contributed by atoms with van der Waals surface area (Å²) in [5.74, 6) is -0.903. The number of hydrogen-bond donors (Lipinski definition) is 3. The Hall–Kier alpha value is -2.58. The van der Waals surface area contributed by atoms with E-state index >= 15 is 0 Å². The predicted molar refractivity (Wildman–Crippen MR) is 85.5 cm³/mol. The molecule has 0 aliphatic heterocycles. The maximum atomic E-state index is 11.8. The lowest BCUT2D eigenvalue weighted by atomic mass is 10.1. The minimum atomic E-state index is -4.16. The van der Waals surface area contributed by atoms with Crippen LogP contribution < -0.4 is 15.2 Å². The quantitative estimate of drug-likeness (QED) is 0.744. The molecule has 0 heterocycles. The Kier molecular flexibility index (Phi) is 4.87. The second-order valence-corrected chi connectivity index (χ2v) is 6.17. The normalized spacial score (nSPS) is 11.0. The number of carboxylic acid groups (broad SMARTS) is 1. The van der Waals surface area contributed by atoms with Gasteiger partial charge in [-0.15, -0.1) is 0 Å². The van der Waals surface area contributed by atoms with Crippen LogP contribution in [0.2, 0.25) is 0 Å². The van der Waals surface area contributed by atoms with Crippen LogP contribution in [0.3, 0.4) is 0 Å². The Bertz CT molecular complexity index is 819. The Balaban J connectivity index is 2.62. The number of rotatable bonds is 6. The first-order valence-electron chi connectivity index (χ1n) is 6.74. The van der Waals surface area contributed by atoms with Gasteiger partial charge in [0.2, 0.25) is 10.0 Å². The summed E-state index contributed by atoms with van der Waals surface area (Å²) in [6, 6.07) is 10.8. The van der Waals surface area contributed by atoms with Gasteiger partial charge in [-0.2, -0.15) is 0 Å². The summed E-state index contributed by atoms with van der Waals surface area (Å²) in [5.41, 5.74) is 0.0506. The van der Waals surface area contributed by atoms with E-state index < -0.39 is 16.0 Å². The Morgan fingerprint density at radius 2 is 1.91 bits per heavy atom. The van der Waals surface area contributed by atoms with Crippen molar-refractivity contribution in [2.75, 3.05) is 11.9 Å². The molecule has 0 amide bonds. The third-order valence-corrected chi connectivity index (χ3v) is 3.89. The molecule has 0 bridgehead atoms. The average molecular weight is 336 g/mol. The van der Waals surface area contributed by atoms with E-state index in [-0.39, 0.29) is 21.9 Å². The highest BCUT2D eigenvalue weighted by Crippen LogP contribution is 2.33. The molecule has 122 valence electrons. The molecule has 8 heteroatoms. The van der Waals surface area contributed by atoms with Crippen molar-refractivity contribution in [2.45, 2.75) is 11.8 Å². The van der Waals surface area contributed by atoms with Crippen molar-refractivity contribution < 1.29 is 23.1 Å². The fourth-order valence-electron chi connectivity index (χ4n) is 1.99. The molecule has 7 nitrogen and oxygen atoms in total. The van der Waals surface area contributed by atoms with Gasteiger partial charge in [0, 0.05) is 12.6 Å². The Morgan fingerprint density at radius 3 is 2.43 bits per heavy atom. The highest BCUT2D eigenvalue weighted by atomic mass is 32.2. The molecule has 0 aromatic heterocycles. The lowest BCUT2D eigenvalue weighted by molar-refractivity contribution is 0.0697. The highest BCUT2D eigenvalue weighted by Gasteiger charge is 2.22. The maximum absolute atomic E-state index is 11.8. The van der Waals surface area contributed by atoms with Gasteiger partial charge in [-0.05, 0) is 25.1 Å². The molecule has 0 spiro atoms. The van der Waals surface area contributed by atoms with Gasteiger partial charge in [0.05, 0.1) is 11.3 Å². The predicted octanol–water partition coefficient (Wildman–Crippen LogP) is 2.26. The third kappa shape index (κ3) is 3.99. The summed E-state index contributed by atoms with van der Waals surface area (Å²) in [6.07, 6.45) is 0. The van der Waals surface area contributed by atoms with E-state index in [2.05, 4.69) is 5.32 Å². The van der Waals surface area contributed by atoms with Crippen LogP contribution in [-0.4, -0.2) is 26.0 Å². The monoisotopic (exact) mass is 336 g/mol. The molecule has 0 saturated heterocycles. The number of ether oxygens (including phenoxy) is 1. The molecule has 0 saturated carbocycles. The zero-order valence-corrected chi connectivity index (χ0v) is 13.1.